The Morgan fingerprint density at radius 1 is 1.07 bits per heavy atom. The molecule has 2 aliphatic heterocycles. The molecule has 136 valence electrons. The van der Waals surface area contributed by atoms with Crippen molar-refractivity contribution >= 4 is 29.7 Å². The molecule has 0 spiro atoms. The Labute approximate surface area is 154 Å². The van der Waals surface area contributed by atoms with Gasteiger partial charge in [-0.2, -0.15) is 0 Å². The van der Waals surface area contributed by atoms with Gasteiger partial charge in [-0.1, -0.05) is 30.3 Å². The lowest BCUT2D eigenvalue weighted by Crippen LogP contribution is -2.45. The van der Waals surface area contributed by atoms with Crippen molar-refractivity contribution in [3.63, 3.8) is 0 Å². The van der Waals surface area contributed by atoms with E-state index in [4.69, 9.17) is 4.74 Å². The number of hydrogen-bond donors (Lipinski definition) is 0. The zero-order valence-corrected chi connectivity index (χ0v) is 14.3. The summed E-state index contributed by atoms with van der Waals surface area (Å²) in [5.41, 5.74) is -0.897. The monoisotopic (exact) mass is 366 g/mol. The summed E-state index contributed by atoms with van der Waals surface area (Å²) in [7, 11) is 1.22. The van der Waals surface area contributed by atoms with Crippen molar-refractivity contribution in [3.05, 3.63) is 66.0 Å². The standard InChI is InChI=1S/C20H15FN2O4/c1-27-19(26)20(12-5-3-2-4-6-12)16-15(11-22-20)17(24)23(18(16)25)14-9-7-13(21)8-10-14/h2-11,15-16H,1H3/t15-,16+,20+/m1/s1. The zero-order chi connectivity index (χ0) is 19.2. The van der Waals surface area contributed by atoms with Crippen molar-refractivity contribution in [1.29, 1.82) is 0 Å². The molecule has 0 saturated carbocycles. The van der Waals surface area contributed by atoms with Crippen LogP contribution in [0, 0.1) is 17.7 Å². The van der Waals surface area contributed by atoms with Crippen LogP contribution in [0.5, 0.6) is 0 Å². The Morgan fingerprint density at radius 3 is 2.37 bits per heavy atom. The van der Waals surface area contributed by atoms with Crippen LogP contribution in [0.2, 0.25) is 0 Å². The second kappa shape index (κ2) is 6.12. The molecule has 2 heterocycles. The van der Waals surface area contributed by atoms with E-state index in [0.717, 1.165) is 4.90 Å². The van der Waals surface area contributed by atoms with Gasteiger partial charge in [-0.3, -0.25) is 14.6 Å². The van der Waals surface area contributed by atoms with Crippen LogP contribution in [0.4, 0.5) is 10.1 Å². The van der Waals surface area contributed by atoms with Crippen LogP contribution >= 0.6 is 0 Å². The van der Waals surface area contributed by atoms with Gasteiger partial charge in [0.25, 0.3) is 0 Å². The fourth-order valence-electron chi connectivity index (χ4n) is 3.80. The molecule has 1 saturated heterocycles. The molecule has 4 rings (SSSR count). The average molecular weight is 366 g/mol. The number of ether oxygens (including phenoxy) is 1. The van der Waals surface area contributed by atoms with Gasteiger partial charge in [0.15, 0.2) is 5.54 Å². The third kappa shape index (κ3) is 2.31. The molecule has 27 heavy (non-hydrogen) atoms. The molecular formula is C20H15FN2O4. The number of benzene rings is 2. The quantitative estimate of drug-likeness (QED) is 0.616. The largest absolute Gasteiger partial charge is 0.467 e. The molecule has 1 fully saturated rings. The summed E-state index contributed by atoms with van der Waals surface area (Å²) in [4.78, 5) is 44.1. The number of hydrogen-bond acceptors (Lipinski definition) is 5. The van der Waals surface area contributed by atoms with Crippen molar-refractivity contribution in [2.24, 2.45) is 16.8 Å². The van der Waals surface area contributed by atoms with Crippen LogP contribution < -0.4 is 4.90 Å². The number of rotatable bonds is 3. The number of nitrogens with zero attached hydrogens (tertiary/aromatic N) is 2. The lowest BCUT2D eigenvalue weighted by molar-refractivity contribution is -0.151. The second-order valence-corrected chi connectivity index (χ2v) is 6.39. The van der Waals surface area contributed by atoms with E-state index in [0.29, 0.717) is 5.56 Å². The van der Waals surface area contributed by atoms with Gasteiger partial charge in [-0.05, 0) is 29.8 Å². The highest BCUT2D eigenvalue weighted by Gasteiger charge is 2.65. The maximum Gasteiger partial charge on any atom is 0.339 e. The van der Waals surface area contributed by atoms with Crippen LogP contribution in [0.15, 0.2) is 59.6 Å². The molecular weight excluding hydrogens is 351 g/mol. The summed E-state index contributed by atoms with van der Waals surface area (Å²) in [5.74, 6) is -4.19. The molecule has 0 N–H and O–H groups in total. The summed E-state index contributed by atoms with van der Waals surface area (Å²) < 4.78 is 18.2. The number of amides is 2. The molecule has 2 aromatic carbocycles. The van der Waals surface area contributed by atoms with Crippen LogP contribution in [0.3, 0.4) is 0 Å². The van der Waals surface area contributed by atoms with Crippen molar-refractivity contribution in [3.8, 4) is 0 Å². The number of methoxy groups -OCH3 is 1. The molecule has 0 aliphatic carbocycles. The first kappa shape index (κ1) is 17.1. The number of halogens is 1. The Hall–Kier alpha value is -3.35. The summed E-state index contributed by atoms with van der Waals surface area (Å²) in [6, 6.07) is 13.6. The molecule has 0 radical (unpaired) electrons. The maximum absolute atomic E-state index is 13.2. The minimum absolute atomic E-state index is 0.251. The fraction of sp³-hybridized carbons (Fsp3) is 0.200. The maximum atomic E-state index is 13.2. The normalized spacial score (nSPS) is 26.4. The summed E-state index contributed by atoms with van der Waals surface area (Å²) >= 11 is 0. The first-order chi connectivity index (χ1) is 13.0. The molecule has 0 unspecified atom stereocenters. The number of carbonyl (C=O) groups is 3. The molecule has 0 bridgehead atoms. The highest BCUT2D eigenvalue weighted by atomic mass is 19.1. The number of aliphatic imine (C=N–C) groups is 1. The number of carbonyl (C=O) groups excluding carboxylic acids is 3. The van der Waals surface area contributed by atoms with Crippen LogP contribution in [-0.2, 0) is 24.7 Å². The minimum atomic E-state index is -1.62. The third-order valence-electron chi connectivity index (χ3n) is 5.04. The smallest absolute Gasteiger partial charge is 0.339 e. The summed E-state index contributed by atoms with van der Waals surface area (Å²) in [6.07, 6.45) is 1.35. The van der Waals surface area contributed by atoms with Gasteiger partial charge < -0.3 is 4.74 Å². The predicted molar refractivity (Wildman–Crippen MR) is 94.5 cm³/mol. The van der Waals surface area contributed by atoms with Crippen LogP contribution in [0.1, 0.15) is 5.56 Å². The number of imide groups is 1. The first-order valence-corrected chi connectivity index (χ1v) is 8.33. The van der Waals surface area contributed by atoms with E-state index < -0.39 is 41.0 Å². The summed E-state index contributed by atoms with van der Waals surface area (Å²) in [5, 5.41) is 0. The molecule has 2 aromatic rings. The van der Waals surface area contributed by atoms with E-state index in [9.17, 15) is 18.8 Å². The third-order valence-corrected chi connectivity index (χ3v) is 5.04. The lowest BCUT2D eigenvalue weighted by atomic mass is 9.76. The van der Waals surface area contributed by atoms with Gasteiger partial charge >= 0.3 is 5.97 Å². The molecule has 0 aromatic heterocycles. The second-order valence-electron chi connectivity index (χ2n) is 6.39. The number of fused-ring (bicyclic) bond motifs is 1. The van der Waals surface area contributed by atoms with E-state index in [1.165, 1.54) is 37.6 Å². The van der Waals surface area contributed by atoms with E-state index in [2.05, 4.69) is 4.99 Å². The van der Waals surface area contributed by atoms with Gasteiger partial charge in [0.1, 0.15) is 5.82 Å². The van der Waals surface area contributed by atoms with Crippen molar-refractivity contribution < 1.29 is 23.5 Å². The highest BCUT2D eigenvalue weighted by Crippen LogP contribution is 2.48. The van der Waals surface area contributed by atoms with Gasteiger partial charge in [-0.15, -0.1) is 0 Å². The van der Waals surface area contributed by atoms with E-state index in [1.54, 1.807) is 30.3 Å². The van der Waals surface area contributed by atoms with E-state index in [-0.39, 0.29) is 5.69 Å². The van der Waals surface area contributed by atoms with Gasteiger partial charge in [-0.25, -0.2) is 14.1 Å². The number of esters is 1. The Kier molecular flexibility index (Phi) is 3.87. The minimum Gasteiger partial charge on any atom is -0.467 e. The molecule has 2 amide bonds. The number of anilines is 1. The molecule has 2 aliphatic rings. The van der Waals surface area contributed by atoms with Crippen molar-refractivity contribution in [2.75, 3.05) is 12.0 Å². The molecule has 6 nitrogen and oxygen atoms in total. The molecule has 3 atom stereocenters. The first-order valence-electron chi connectivity index (χ1n) is 8.33. The average Bonchev–Trinajstić information content (AvgIpc) is 3.21. The SMILES string of the molecule is COC(=O)[C@@]1(c2ccccc2)N=C[C@H]2C(=O)N(c3ccc(F)cc3)C(=O)[C@H]21. The van der Waals surface area contributed by atoms with Crippen LogP contribution in [-0.4, -0.2) is 31.1 Å². The Balaban J connectivity index is 1.84. The van der Waals surface area contributed by atoms with Gasteiger partial charge in [0, 0.05) is 6.21 Å². The van der Waals surface area contributed by atoms with Gasteiger partial charge in [0.05, 0.1) is 24.6 Å². The fourth-order valence-corrected chi connectivity index (χ4v) is 3.80. The lowest BCUT2D eigenvalue weighted by Gasteiger charge is -2.29. The zero-order valence-electron chi connectivity index (χ0n) is 14.3. The van der Waals surface area contributed by atoms with E-state index in [1.807, 2.05) is 0 Å². The van der Waals surface area contributed by atoms with Crippen LogP contribution in [0.25, 0.3) is 0 Å². The summed E-state index contributed by atoms with van der Waals surface area (Å²) in [6.45, 7) is 0. The Morgan fingerprint density at radius 2 is 1.74 bits per heavy atom. The van der Waals surface area contributed by atoms with E-state index >= 15 is 0 Å². The highest BCUT2D eigenvalue weighted by molar-refractivity contribution is 6.28. The van der Waals surface area contributed by atoms with Crippen molar-refractivity contribution in [1.82, 2.24) is 0 Å². The predicted octanol–water partition coefficient (Wildman–Crippen LogP) is 2.08. The Bertz CT molecular complexity index is 958. The topological polar surface area (TPSA) is 76.0 Å². The molecule has 7 heteroatoms. The van der Waals surface area contributed by atoms with Crippen molar-refractivity contribution in [2.45, 2.75) is 5.54 Å². The van der Waals surface area contributed by atoms with Gasteiger partial charge in [0.2, 0.25) is 11.8 Å².